The zero-order chi connectivity index (χ0) is 19.5. The molecular weight excluding hydrogens is 358 g/mol. The summed E-state index contributed by atoms with van der Waals surface area (Å²) in [4.78, 5) is 23.5. The third-order valence-corrected chi connectivity index (χ3v) is 4.95. The van der Waals surface area contributed by atoms with E-state index < -0.39 is 10.8 Å². The first-order valence-corrected chi connectivity index (χ1v) is 9.14. The van der Waals surface area contributed by atoms with Crippen LogP contribution in [0, 0.1) is 10.1 Å². The average Bonchev–Trinajstić information content (AvgIpc) is 3.17. The van der Waals surface area contributed by atoms with Crippen LogP contribution < -0.4 is 0 Å². The molecule has 4 rings (SSSR count). The average molecular weight is 377 g/mol. The Labute approximate surface area is 162 Å². The van der Waals surface area contributed by atoms with E-state index in [1.165, 1.54) is 6.07 Å². The first-order valence-electron chi connectivity index (χ1n) is 9.14. The van der Waals surface area contributed by atoms with E-state index in [9.17, 15) is 14.9 Å². The van der Waals surface area contributed by atoms with Crippen LogP contribution in [0.3, 0.4) is 0 Å². The standard InChI is InChI=1S/C22H19NO5/c24-20-9-5-4-8-18(20)17-11-10-16(13-19(17)23(25)26)22-21(27-14-28-22)12-15-6-2-1-3-7-15/h1-4,6-8,10-11,13,18H,5,9,12,14H2. The van der Waals surface area contributed by atoms with Crippen LogP contribution in [-0.4, -0.2) is 17.5 Å². The minimum atomic E-state index is -0.568. The van der Waals surface area contributed by atoms with E-state index in [0.29, 0.717) is 41.9 Å². The number of hydrogen-bond acceptors (Lipinski definition) is 5. The number of carbonyl (C=O) groups is 1. The molecule has 2 aliphatic rings. The van der Waals surface area contributed by atoms with Gasteiger partial charge in [-0.25, -0.2) is 0 Å². The van der Waals surface area contributed by atoms with E-state index >= 15 is 0 Å². The smallest absolute Gasteiger partial charge is 0.274 e. The molecule has 0 fully saturated rings. The van der Waals surface area contributed by atoms with Crippen molar-refractivity contribution < 1.29 is 19.2 Å². The van der Waals surface area contributed by atoms with Gasteiger partial charge in [-0.3, -0.25) is 14.9 Å². The monoisotopic (exact) mass is 377 g/mol. The predicted octanol–water partition coefficient (Wildman–Crippen LogP) is 4.51. The molecule has 0 saturated carbocycles. The summed E-state index contributed by atoms with van der Waals surface area (Å²) >= 11 is 0. The number of allylic oxidation sites excluding steroid dienone is 3. The molecule has 1 heterocycles. The summed E-state index contributed by atoms with van der Waals surface area (Å²) in [6.07, 6.45) is 5.28. The molecule has 0 spiro atoms. The van der Waals surface area contributed by atoms with Crippen molar-refractivity contribution in [3.8, 4) is 0 Å². The molecule has 0 amide bonds. The number of carbonyl (C=O) groups excluding carboxylic acids is 1. The van der Waals surface area contributed by atoms with Gasteiger partial charge in [0, 0.05) is 30.0 Å². The molecule has 0 aromatic heterocycles. The fourth-order valence-electron chi connectivity index (χ4n) is 3.57. The van der Waals surface area contributed by atoms with E-state index in [2.05, 4.69) is 0 Å². The highest BCUT2D eigenvalue weighted by molar-refractivity contribution is 5.90. The molecule has 1 aliphatic carbocycles. The van der Waals surface area contributed by atoms with Gasteiger partial charge in [0.05, 0.1) is 10.8 Å². The molecular formula is C22H19NO5. The van der Waals surface area contributed by atoms with Gasteiger partial charge in [-0.05, 0) is 12.0 Å². The van der Waals surface area contributed by atoms with Crippen molar-refractivity contribution in [3.05, 3.63) is 93.2 Å². The third kappa shape index (κ3) is 3.53. The summed E-state index contributed by atoms with van der Waals surface area (Å²) in [6.45, 7) is 0.0803. The van der Waals surface area contributed by atoms with Crippen LogP contribution in [0.25, 0.3) is 5.76 Å². The number of hydrogen-bond donors (Lipinski definition) is 0. The zero-order valence-corrected chi connectivity index (χ0v) is 15.2. The van der Waals surface area contributed by atoms with Gasteiger partial charge in [-0.2, -0.15) is 0 Å². The van der Waals surface area contributed by atoms with Gasteiger partial charge in [0.25, 0.3) is 5.69 Å². The molecule has 6 heteroatoms. The lowest BCUT2D eigenvalue weighted by Crippen LogP contribution is -2.14. The molecule has 0 bridgehead atoms. The summed E-state index contributed by atoms with van der Waals surface area (Å²) in [5.74, 6) is 0.579. The lowest BCUT2D eigenvalue weighted by Gasteiger charge is -2.16. The lowest BCUT2D eigenvalue weighted by atomic mass is 9.86. The third-order valence-electron chi connectivity index (χ3n) is 4.95. The quantitative estimate of drug-likeness (QED) is 0.435. The van der Waals surface area contributed by atoms with Crippen molar-refractivity contribution in [2.75, 3.05) is 6.79 Å². The van der Waals surface area contributed by atoms with E-state index in [0.717, 1.165) is 5.56 Å². The van der Waals surface area contributed by atoms with E-state index in [-0.39, 0.29) is 18.3 Å². The molecule has 0 saturated heterocycles. The molecule has 0 radical (unpaired) electrons. The molecule has 28 heavy (non-hydrogen) atoms. The summed E-state index contributed by atoms with van der Waals surface area (Å²) < 4.78 is 11.2. The maximum absolute atomic E-state index is 12.2. The maximum Gasteiger partial charge on any atom is 0.274 e. The summed E-state index contributed by atoms with van der Waals surface area (Å²) in [5, 5.41) is 11.7. The van der Waals surface area contributed by atoms with Crippen molar-refractivity contribution >= 4 is 17.2 Å². The maximum atomic E-state index is 12.2. The van der Waals surface area contributed by atoms with E-state index in [1.54, 1.807) is 18.2 Å². The van der Waals surface area contributed by atoms with Crippen LogP contribution in [0.15, 0.2) is 66.4 Å². The number of rotatable bonds is 5. The van der Waals surface area contributed by atoms with Gasteiger partial charge in [-0.1, -0.05) is 54.6 Å². The van der Waals surface area contributed by atoms with Gasteiger partial charge < -0.3 is 9.47 Å². The van der Waals surface area contributed by atoms with Crippen LogP contribution in [0.5, 0.6) is 0 Å². The highest BCUT2D eigenvalue weighted by Gasteiger charge is 2.29. The van der Waals surface area contributed by atoms with Crippen molar-refractivity contribution in [1.29, 1.82) is 0 Å². The second-order valence-electron chi connectivity index (χ2n) is 6.76. The Morgan fingerprint density at radius 1 is 1.11 bits per heavy atom. The summed E-state index contributed by atoms with van der Waals surface area (Å²) in [6, 6.07) is 14.7. The number of nitro groups is 1. The number of ketones is 1. The Kier molecular flexibility index (Phi) is 4.93. The van der Waals surface area contributed by atoms with Crippen molar-refractivity contribution in [1.82, 2.24) is 0 Å². The number of Topliss-reactive ketones (excluding diaryl/α,β-unsaturated/α-hetero) is 1. The first kappa shape index (κ1) is 18.0. The molecule has 1 aliphatic heterocycles. The normalized spacial score (nSPS) is 18.7. The van der Waals surface area contributed by atoms with Gasteiger partial charge in [0.1, 0.15) is 11.5 Å². The minimum Gasteiger partial charge on any atom is -0.458 e. The van der Waals surface area contributed by atoms with Gasteiger partial charge >= 0.3 is 0 Å². The highest BCUT2D eigenvalue weighted by atomic mass is 16.7. The Morgan fingerprint density at radius 2 is 1.93 bits per heavy atom. The first-order chi connectivity index (χ1) is 13.6. The largest absolute Gasteiger partial charge is 0.458 e. The molecule has 142 valence electrons. The van der Waals surface area contributed by atoms with Crippen molar-refractivity contribution in [2.24, 2.45) is 0 Å². The molecule has 1 atom stereocenters. The molecule has 2 aromatic carbocycles. The zero-order valence-electron chi connectivity index (χ0n) is 15.2. The van der Waals surface area contributed by atoms with Crippen molar-refractivity contribution in [2.45, 2.75) is 25.2 Å². The molecule has 0 N–H and O–H groups in total. The van der Waals surface area contributed by atoms with Gasteiger partial charge in [0.2, 0.25) is 6.79 Å². The molecule has 2 aromatic rings. The van der Waals surface area contributed by atoms with Gasteiger partial charge in [0.15, 0.2) is 5.76 Å². The fraction of sp³-hybridized carbons (Fsp3) is 0.227. The summed E-state index contributed by atoms with van der Waals surface area (Å²) in [7, 11) is 0. The number of nitrogens with zero attached hydrogens (tertiary/aromatic N) is 1. The summed E-state index contributed by atoms with van der Waals surface area (Å²) in [5.41, 5.74) is 1.97. The van der Waals surface area contributed by atoms with Crippen LogP contribution in [0.4, 0.5) is 5.69 Å². The Balaban J connectivity index is 1.72. The number of ether oxygens (including phenoxy) is 2. The lowest BCUT2D eigenvalue weighted by molar-refractivity contribution is -0.385. The topological polar surface area (TPSA) is 78.7 Å². The van der Waals surface area contributed by atoms with Crippen molar-refractivity contribution in [3.63, 3.8) is 0 Å². The Morgan fingerprint density at radius 3 is 2.68 bits per heavy atom. The van der Waals surface area contributed by atoms with Crippen LogP contribution >= 0.6 is 0 Å². The van der Waals surface area contributed by atoms with Gasteiger partial charge in [-0.15, -0.1) is 0 Å². The second kappa shape index (κ2) is 7.68. The molecule has 1 unspecified atom stereocenters. The Hall–Kier alpha value is -3.41. The predicted molar refractivity (Wildman–Crippen MR) is 103 cm³/mol. The highest BCUT2D eigenvalue weighted by Crippen LogP contribution is 2.36. The van der Waals surface area contributed by atoms with E-state index in [4.69, 9.17) is 9.47 Å². The van der Waals surface area contributed by atoms with Crippen LogP contribution in [0.2, 0.25) is 0 Å². The van der Waals surface area contributed by atoms with Crippen LogP contribution in [-0.2, 0) is 20.7 Å². The Bertz CT molecular complexity index is 978. The number of benzene rings is 2. The van der Waals surface area contributed by atoms with Crippen LogP contribution in [0.1, 0.15) is 35.4 Å². The minimum absolute atomic E-state index is 0.00258. The fourth-order valence-corrected chi connectivity index (χ4v) is 3.57. The number of nitro benzene ring substituents is 1. The van der Waals surface area contributed by atoms with E-state index in [1.807, 2.05) is 36.4 Å². The molecule has 6 nitrogen and oxygen atoms in total. The SMILES string of the molecule is O=C1CCC=CC1c1ccc(C2=C(Cc3ccccc3)OCO2)cc1[N+](=O)[O-]. The second-order valence-corrected chi connectivity index (χ2v) is 6.76.